The topological polar surface area (TPSA) is 72.5 Å². The molecule has 2 aliphatic carbocycles. The lowest BCUT2D eigenvalue weighted by Crippen LogP contribution is -2.38. The molecule has 0 spiro atoms. The van der Waals surface area contributed by atoms with E-state index < -0.39 is 0 Å². The van der Waals surface area contributed by atoms with E-state index in [2.05, 4.69) is 5.32 Å². The number of ketones is 2. The lowest BCUT2D eigenvalue weighted by atomic mass is 9.68. The van der Waals surface area contributed by atoms with Crippen LogP contribution in [0.5, 0.6) is 0 Å². The first-order valence-corrected chi connectivity index (χ1v) is 11.1. The average Bonchev–Trinajstić information content (AvgIpc) is 3.52. The molecule has 0 fully saturated rings. The van der Waals surface area contributed by atoms with Crippen LogP contribution in [0.25, 0.3) is 0 Å². The molecule has 6 rings (SSSR count). The van der Waals surface area contributed by atoms with Crippen molar-refractivity contribution in [2.75, 3.05) is 0 Å². The van der Waals surface area contributed by atoms with Gasteiger partial charge in [0, 0.05) is 53.1 Å². The van der Waals surface area contributed by atoms with Gasteiger partial charge in [-0.15, -0.1) is 0 Å². The van der Waals surface area contributed by atoms with Crippen molar-refractivity contribution < 1.29 is 18.4 Å². The first-order valence-electron chi connectivity index (χ1n) is 11.1. The average molecular weight is 425 g/mol. The van der Waals surface area contributed by atoms with Gasteiger partial charge in [-0.1, -0.05) is 30.3 Å². The van der Waals surface area contributed by atoms with Crippen LogP contribution in [0, 0.1) is 0 Å². The summed E-state index contributed by atoms with van der Waals surface area (Å²) < 4.78 is 11.2. The van der Waals surface area contributed by atoms with E-state index >= 15 is 0 Å². The molecule has 5 heteroatoms. The van der Waals surface area contributed by atoms with Crippen LogP contribution in [0.4, 0.5) is 0 Å². The van der Waals surface area contributed by atoms with Gasteiger partial charge in [-0.2, -0.15) is 0 Å². The van der Waals surface area contributed by atoms with E-state index in [1.165, 1.54) is 0 Å². The molecular formula is C27H23NO4. The molecule has 5 nitrogen and oxygen atoms in total. The monoisotopic (exact) mass is 425 g/mol. The van der Waals surface area contributed by atoms with Crippen LogP contribution < -0.4 is 5.32 Å². The van der Waals surface area contributed by atoms with E-state index in [4.69, 9.17) is 8.83 Å². The van der Waals surface area contributed by atoms with Crippen molar-refractivity contribution in [2.24, 2.45) is 0 Å². The Bertz CT molecular complexity index is 1150. The summed E-state index contributed by atoms with van der Waals surface area (Å²) >= 11 is 0. The number of dihydropyridines is 1. The van der Waals surface area contributed by atoms with Gasteiger partial charge in [0.2, 0.25) is 0 Å². The number of Topliss-reactive ketones (excluding diaryl/α,β-unsaturated/α-hetero) is 2. The fourth-order valence-corrected chi connectivity index (χ4v) is 5.52. The van der Waals surface area contributed by atoms with Crippen molar-refractivity contribution in [1.29, 1.82) is 0 Å². The molecule has 0 radical (unpaired) electrons. The fraction of sp³-hybridized carbons (Fsp3) is 0.259. The summed E-state index contributed by atoms with van der Waals surface area (Å²) in [6.45, 7) is 0. The minimum absolute atomic E-state index is 0.00230. The number of furan rings is 2. The Hall–Kier alpha value is -3.60. The third-order valence-electron chi connectivity index (χ3n) is 6.92. The van der Waals surface area contributed by atoms with Gasteiger partial charge in [-0.25, -0.2) is 0 Å². The predicted octanol–water partition coefficient (Wildman–Crippen LogP) is 5.36. The molecule has 1 N–H and O–H groups in total. The van der Waals surface area contributed by atoms with Gasteiger partial charge < -0.3 is 14.2 Å². The number of rotatable bonds is 3. The third kappa shape index (κ3) is 3.08. The first-order chi connectivity index (χ1) is 15.7. The van der Waals surface area contributed by atoms with Gasteiger partial charge in [0.25, 0.3) is 0 Å². The molecule has 1 aromatic carbocycles. The van der Waals surface area contributed by atoms with Crippen LogP contribution in [0.1, 0.15) is 60.5 Å². The summed E-state index contributed by atoms with van der Waals surface area (Å²) in [6.07, 6.45) is 5.47. The van der Waals surface area contributed by atoms with Gasteiger partial charge >= 0.3 is 0 Å². The number of nitrogens with one attached hydrogen (secondary N) is 1. The summed E-state index contributed by atoms with van der Waals surface area (Å²) in [7, 11) is 0. The second kappa shape index (κ2) is 7.52. The van der Waals surface area contributed by atoms with Gasteiger partial charge in [0.15, 0.2) is 11.6 Å². The largest absolute Gasteiger partial charge is 0.469 e. The molecule has 0 saturated carbocycles. The highest BCUT2D eigenvalue weighted by atomic mass is 16.3. The van der Waals surface area contributed by atoms with Crippen molar-refractivity contribution >= 4 is 11.6 Å². The number of hydrogen-bond donors (Lipinski definition) is 1. The quantitative estimate of drug-likeness (QED) is 0.612. The van der Waals surface area contributed by atoms with Crippen LogP contribution in [-0.2, 0) is 9.59 Å². The molecule has 2 atom stereocenters. The van der Waals surface area contributed by atoms with Gasteiger partial charge in [0.05, 0.1) is 12.5 Å². The van der Waals surface area contributed by atoms with E-state index in [0.717, 1.165) is 39.6 Å². The lowest BCUT2D eigenvalue weighted by molar-refractivity contribution is -0.117. The normalized spacial score (nSPS) is 23.8. The Morgan fingerprint density at radius 3 is 1.66 bits per heavy atom. The summed E-state index contributed by atoms with van der Waals surface area (Å²) in [5.41, 5.74) is 4.31. The first kappa shape index (κ1) is 19.1. The van der Waals surface area contributed by atoms with Crippen molar-refractivity contribution in [3.05, 3.63) is 107 Å². The molecule has 1 aliphatic heterocycles. The number of allylic oxidation sites excluding steroid dienone is 4. The molecule has 0 amide bonds. The molecule has 0 bridgehead atoms. The second-order valence-electron chi connectivity index (χ2n) is 8.84. The van der Waals surface area contributed by atoms with E-state index in [0.29, 0.717) is 25.7 Å². The van der Waals surface area contributed by atoms with Gasteiger partial charge in [-0.05, 0) is 42.7 Å². The highest BCUT2D eigenvalue weighted by Gasteiger charge is 2.44. The summed E-state index contributed by atoms with van der Waals surface area (Å²) in [5, 5.41) is 3.54. The van der Waals surface area contributed by atoms with E-state index in [1.54, 1.807) is 12.5 Å². The zero-order valence-corrected chi connectivity index (χ0v) is 17.5. The Labute approximate surface area is 185 Å². The van der Waals surface area contributed by atoms with Crippen LogP contribution in [0.2, 0.25) is 0 Å². The maximum atomic E-state index is 13.5. The molecule has 3 aromatic rings. The van der Waals surface area contributed by atoms with Crippen molar-refractivity contribution in [3.8, 4) is 0 Å². The highest BCUT2D eigenvalue weighted by molar-refractivity contribution is 6.06. The van der Waals surface area contributed by atoms with Crippen LogP contribution in [0.3, 0.4) is 0 Å². The van der Waals surface area contributed by atoms with Crippen LogP contribution >= 0.6 is 0 Å². The van der Waals surface area contributed by atoms with Crippen LogP contribution in [-0.4, -0.2) is 11.6 Å². The summed E-state index contributed by atoms with van der Waals surface area (Å²) in [6, 6.07) is 17.5. The minimum Gasteiger partial charge on any atom is -0.469 e. The maximum Gasteiger partial charge on any atom is 0.162 e. The summed E-state index contributed by atoms with van der Waals surface area (Å²) in [5.74, 6) is 1.51. The van der Waals surface area contributed by atoms with E-state index in [1.807, 2.05) is 54.6 Å². The molecule has 0 unspecified atom stereocenters. The number of hydrogen-bond acceptors (Lipinski definition) is 5. The zero-order valence-electron chi connectivity index (χ0n) is 17.5. The predicted molar refractivity (Wildman–Crippen MR) is 118 cm³/mol. The number of carbonyl (C=O) groups is 2. The van der Waals surface area contributed by atoms with E-state index in [-0.39, 0.29) is 29.3 Å². The van der Waals surface area contributed by atoms with Gasteiger partial charge in [-0.3, -0.25) is 9.59 Å². The van der Waals surface area contributed by atoms with Crippen molar-refractivity contribution in [1.82, 2.24) is 5.32 Å². The van der Waals surface area contributed by atoms with Crippen molar-refractivity contribution in [3.63, 3.8) is 0 Å². The van der Waals surface area contributed by atoms with Crippen LogP contribution in [0.15, 0.2) is 98.5 Å². The van der Waals surface area contributed by atoms with E-state index in [9.17, 15) is 9.59 Å². The minimum atomic E-state index is -0.322. The Balaban J connectivity index is 1.45. The fourth-order valence-electron chi connectivity index (χ4n) is 5.52. The number of carbonyl (C=O) groups excluding carboxylic acids is 2. The Morgan fingerprint density at radius 1 is 0.656 bits per heavy atom. The standard InChI is InChI=1S/C27H23NO4/c29-21-14-17(23-8-4-10-31-23)12-19-26(21)25(16-6-2-1-3-7-16)27-20(28-19)13-18(15-22(27)30)24-9-5-11-32-24/h1-11,17-18,25,28H,12-15H2/t17-,18-/m0/s1. The Morgan fingerprint density at radius 2 is 1.19 bits per heavy atom. The summed E-state index contributed by atoms with van der Waals surface area (Å²) in [4.78, 5) is 26.9. The lowest BCUT2D eigenvalue weighted by Gasteiger charge is -2.40. The maximum absolute atomic E-state index is 13.5. The molecular weight excluding hydrogens is 402 g/mol. The molecule has 3 heterocycles. The SMILES string of the molecule is O=C1C[C@@H](c2ccco2)CC2=C1C(c1ccccc1)C1=C(C[C@H](c3ccco3)CC1=O)N2. The highest BCUT2D eigenvalue weighted by Crippen LogP contribution is 2.49. The molecule has 3 aliphatic rings. The van der Waals surface area contributed by atoms with Crippen molar-refractivity contribution in [2.45, 2.75) is 43.4 Å². The Kier molecular flexibility index (Phi) is 4.49. The molecule has 2 aromatic heterocycles. The third-order valence-corrected chi connectivity index (χ3v) is 6.92. The van der Waals surface area contributed by atoms with Gasteiger partial charge in [0.1, 0.15) is 11.5 Å². The number of benzene rings is 1. The molecule has 32 heavy (non-hydrogen) atoms. The molecule has 160 valence electrons. The molecule has 0 saturated heterocycles. The second-order valence-corrected chi connectivity index (χ2v) is 8.84. The zero-order chi connectivity index (χ0) is 21.7. The smallest absolute Gasteiger partial charge is 0.162 e.